The summed E-state index contributed by atoms with van der Waals surface area (Å²) in [6.45, 7) is 2.16. The van der Waals surface area contributed by atoms with E-state index >= 15 is 0 Å². The maximum Gasteiger partial charge on any atom is 0.306 e. The number of nitrogens with one attached hydrogen (secondary N) is 1. The zero-order chi connectivity index (χ0) is 15.4. The number of carbonyl (C=O) groups is 1. The zero-order valence-corrected chi connectivity index (χ0v) is 12.0. The van der Waals surface area contributed by atoms with E-state index in [4.69, 9.17) is 0 Å². The highest BCUT2D eigenvalue weighted by Gasteiger charge is 2.31. The van der Waals surface area contributed by atoms with Crippen molar-refractivity contribution in [2.75, 3.05) is 11.9 Å². The van der Waals surface area contributed by atoms with Gasteiger partial charge < -0.3 is 10.4 Å². The summed E-state index contributed by atoms with van der Waals surface area (Å²) in [5.74, 6) is -1.09. The average Bonchev–Trinajstić information content (AvgIpc) is 2.44. The lowest BCUT2D eigenvalue weighted by atomic mass is 9.79. The monoisotopic (exact) mass is 292 g/mol. The molecule has 0 saturated heterocycles. The van der Waals surface area contributed by atoms with Crippen LogP contribution in [0.25, 0.3) is 0 Å². The summed E-state index contributed by atoms with van der Waals surface area (Å²) in [4.78, 5) is 22.0. The Morgan fingerprint density at radius 1 is 1.43 bits per heavy atom. The van der Waals surface area contributed by atoms with Crippen LogP contribution in [0, 0.1) is 28.9 Å². The highest BCUT2D eigenvalue weighted by Crippen LogP contribution is 2.32. The van der Waals surface area contributed by atoms with Crippen LogP contribution in [0.3, 0.4) is 0 Å². The molecule has 0 spiro atoms. The number of anilines is 1. The first-order valence-corrected chi connectivity index (χ1v) is 7.21. The second-order valence-electron chi connectivity index (χ2n) is 5.60. The van der Waals surface area contributed by atoms with Crippen molar-refractivity contribution in [2.24, 2.45) is 11.8 Å². The van der Waals surface area contributed by atoms with Gasteiger partial charge >= 0.3 is 5.97 Å². The number of aryl methyl sites for hydroxylation is 1. The van der Waals surface area contributed by atoms with Gasteiger partial charge in [0.1, 0.15) is 5.69 Å². The Labute approximate surface area is 123 Å². The van der Waals surface area contributed by atoms with Crippen LogP contribution >= 0.6 is 0 Å². The summed E-state index contributed by atoms with van der Waals surface area (Å²) < 4.78 is 0. The highest BCUT2D eigenvalue weighted by atomic mass is 16.6. The van der Waals surface area contributed by atoms with Crippen LogP contribution < -0.4 is 5.32 Å². The molecular formula is C15H20N2O4. The maximum absolute atomic E-state index is 11.3. The molecule has 6 heteroatoms. The SMILES string of the molecule is Cc1cccc(NCC2CCCCC2C(=O)O)c1[N+](=O)[O-]. The largest absolute Gasteiger partial charge is 0.481 e. The van der Waals surface area contributed by atoms with Gasteiger partial charge in [0.25, 0.3) is 5.69 Å². The number of aliphatic carboxylic acids is 1. The van der Waals surface area contributed by atoms with Gasteiger partial charge in [0.2, 0.25) is 0 Å². The van der Waals surface area contributed by atoms with E-state index in [0.29, 0.717) is 24.2 Å². The molecule has 21 heavy (non-hydrogen) atoms. The second kappa shape index (κ2) is 6.56. The van der Waals surface area contributed by atoms with Crippen molar-refractivity contribution in [1.82, 2.24) is 0 Å². The fraction of sp³-hybridized carbons (Fsp3) is 0.533. The molecule has 2 rings (SSSR count). The predicted octanol–water partition coefficient (Wildman–Crippen LogP) is 3.21. The van der Waals surface area contributed by atoms with Crippen molar-refractivity contribution in [3.8, 4) is 0 Å². The molecule has 1 aromatic rings. The van der Waals surface area contributed by atoms with Crippen molar-refractivity contribution in [3.63, 3.8) is 0 Å². The van der Waals surface area contributed by atoms with Crippen molar-refractivity contribution >= 4 is 17.3 Å². The molecule has 1 aliphatic carbocycles. The van der Waals surface area contributed by atoms with E-state index in [2.05, 4.69) is 5.32 Å². The van der Waals surface area contributed by atoms with Gasteiger partial charge in [0.05, 0.1) is 10.8 Å². The zero-order valence-electron chi connectivity index (χ0n) is 12.0. The summed E-state index contributed by atoms with van der Waals surface area (Å²) in [5.41, 5.74) is 1.14. The van der Waals surface area contributed by atoms with Gasteiger partial charge in [-0.1, -0.05) is 25.0 Å². The molecule has 0 amide bonds. The Bertz CT molecular complexity index is 544. The standard InChI is InChI=1S/C15H20N2O4/c1-10-5-4-8-13(14(10)17(20)21)16-9-11-6-2-3-7-12(11)15(18)19/h4-5,8,11-12,16H,2-3,6-7,9H2,1H3,(H,18,19). The number of nitrogens with zero attached hydrogens (tertiary/aromatic N) is 1. The van der Waals surface area contributed by atoms with E-state index in [1.807, 2.05) is 0 Å². The quantitative estimate of drug-likeness (QED) is 0.642. The molecule has 0 aromatic heterocycles. The minimum Gasteiger partial charge on any atom is -0.481 e. The minimum atomic E-state index is -0.764. The van der Waals surface area contributed by atoms with Crippen LogP contribution in [0.4, 0.5) is 11.4 Å². The summed E-state index contributed by atoms with van der Waals surface area (Å²) >= 11 is 0. The van der Waals surface area contributed by atoms with Crippen LogP contribution in [0.1, 0.15) is 31.2 Å². The molecule has 0 aliphatic heterocycles. The Balaban J connectivity index is 2.10. The topological polar surface area (TPSA) is 92.5 Å². The van der Waals surface area contributed by atoms with Gasteiger partial charge in [0, 0.05) is 12.1 Å². The van der Waals surface area contributed by atoms with E-state index in [1.54, 1.807) is 25.1 Å². The molecule has 114 valence electrons. The number of para-hydroxylation sites is 1. The normalized spacial score (nSPS) is 21.8. The van der Waals surface area contributed by atoms with Crippen LogP contribution in [-0.4, -0.2) is 22.5 Å². The Kier molecular flexibility index (Phi) is 4.77. The maximum atomic E-state index is 11.3. The van der Waals surface area contributed by atoms with E-state index in [9.17, 15) is 20.0 Å². The third-order valence-corrected chi connectivity index (χ3v) is 4.20. The van der Waals surface area contributed by atoms with Gasteiger partial charge in [-0.2, -0.15) is 0 Å². The van der Waals surface area contributed by atoms with Crippen molar-refractivity contribution in [1.29, 1.82) is 0 Å². The Morgan fingerprint density at radius 2 is 2.14 bits per heavy atom. The Morgan fingerprint density at radius 3 is 2.81 bits per heavy atom. The molecule has 1 fully saturated rings. The molecule has 0 heterocycles. The number of benzene rings is 1. The van der Waals surface area contributed by atoms with Gasteiger partial charge in [-0.05, 0) is 31.7 Å². The van der Waals surface area contributed by atoms with Crippen LogP contribution in [0.15, 0.2) is 18.2 Å². The molecule has 6 nitrogen and oxygen atoms in total. The molecule has 2 N–H and O–H groups in total. The molecule has 0 bridgehead atoms. The van der Waals surface area contributed by atoms with Gasteiger partial charge in [-0.25, -0.2) is 0 Å². The summed E-state index contributed by atoms with van der Waals surface area (Å²) in [5, 5.41) is 23.5. The first-order chi connectivity index (χ1) is 10.0. The highest BCUT2D eigenvalue weighted by molar-refractivity contribution is 5.71. The molecule has 1 saturated carbocycles. The number of nitro benzene ring substituents is 1. The van der Waals surface area contributed by atoms with E-state index < -0.39 is 10.9 Å². The van der Waals surface area contributed by atoms with Crippen molar-refractivity contribution in [2.45, 2.75) is 32.6 Å². The number of nitro groups is 1. The summed E-state index contributed by atoms with van der Waals surface area (Å²) in [7, 11) is 0. The van der Waals surface area contributed by atoms with Crippen LogP contribution in [0.2, 0.25) is 0 Å². The van der Waals surface area contributed by atoms with Crippen LogP contribution in [0.5, 0.6) is 0 Å². The first-order valence-electron chi connectivity index (χ1n) is 7.21. The lowest BCUT2D eigenvalue weighted by molar-refractivity contribution is -0.384. The fourth-order valence-electron chi connectivity index (χ4n) is 3.06. The minimum absolute atomic E-state index is 0.0244. The number of rotatable bonds is 5. The molecule has 0 radical (unpaired) electrons. The Hall–Kier alpha value is -2.11. The van der Waals surface area contributed by atoms with E-state index in [-0.39, 0.29) is 17.5 Å². The third-order valence-electron chi connectivity index (χ3n) is 4.20. The lowest BCUT2D eigenvalue weighted by Crippen LogP contribution is -2.31. The molecular weight excluding hydrogens is 272 g/mol. The second-order valence-corrected chi connectivity index (χ2v) is 5.60. The van der Waals surface area contributed by atoms with Gasteiger partial charge in [0.15, 0.2) is 0 Å². The average molecular weight is 292 g/mol. The smallest absolute Gasteiger partial charge is 0.306 e. The van der Waals surface area contributed by atoms with E-state index in [0.717, 1.165) is 19.3 Å². The fourth-order valence-corrected chi connectivity index (χ4v) is 3.06. The summed E-state index contributed by atoms with van der Waals surface area (Å²) in [6.07, 6.45) is 3.51. The molecule has 1 aromatic carbocycles. The number of hydrogen-bond acceptors (Lipinski definition) is 4. The predicted molar refractivity (Wildman–Crippen MR) is 79.4 cm³/mol. The first kappa shape index (κ1) is 15.3. The van der Waals surface area contributed by atoms with Crippen LogP contribution in [-0.2, 0) is 4.79 Å². The molecule has 1 aliphatic rings. The lowest BCUT2D eigenvalue weighted by Gasteiger charge is -2.28. The number of hydrogen-bond donors (Lipinski definition) is 2. The number of carboxylic acid groups (broad SMARTS) is 1. The van der Waals surface area contributed by atoms with Gasteiger partial charge in [-0.3, -0.25) is 14.9 Å². The van der Waals surface area contributed by atoms with Gasteiger partial charge in [-0.15, -0.1) is 0 Å². The number of carboxylic acids is 1. The van der Waals surface area contributed by atoms with Crippen molar-refractivity contribution < 1.29 is 14.8 Å². The van der Waals surface area contributed by atoms with Crippen molar-refractivity contribution in [3.05, 3.63) is 33.9 Å². The molecule has 2 atom stereocenters. The van der Waals surface area contributed by atoms with E-state index in [1.165, 1.54) is 0 Å². The molecule has 2 unspecified atom stereocenters. The third kappa shape index (κ3) is 3.51. The summed E-state index contributed by atoms with van der Waals surface area (Å²) in [6, 6.07) is 5.13.